The molecule has 0 aromatic heterocycles. The number of hydrogen-bond donors (Lipinski definition) is 2. The lowest BCUT2D eigenvalue weighted by Gasteiger charge is -2.14. The number of carbonyl (C=O) groups excluding carboxylic acids is 2. The lowest BCUT2D eigenvalue weighted by molar-refractivity contribution is -0.122. The molecule has 2 amide bonds. The van der Waals surface area contributed by atoms with E-state index in [4.69, 9.17) is 14.2 Å². The van der Waals surface area contributed by atoms with Crippen LogP contribution in [-0.2, 0) is 14.6 Å². The van der Waals surface area contributed by atoms with Gasteiger partial charge < -0.3 is 14.2 Å². The number of carbonyl (C=O) groups is 2. The van der Waals surface area contributed by atoms with Crippen LogP contribution >= 0.6 is 0 Å². The Bertz CT molecular complexity index is 767. The van der Waals surface area contributed by atoms with Gasteiger partial charge in [0.05, 0.1) is 32.8 Å². The van der Waals surface area contributed by atoms with Gasteiger partial charge in [-0.15, -0.1) is 0 Å². The molecule has 26 heavy (non-hydrogen) atoms. The quantitative estimate of drug-likeness (QED) is 0.675. The summed E-state index contributed by atoms with van der Waals surface area (Å²) in [5, 5.41) is 0. The van der Waals surface area contributed by atoms with E-state index in [0.717, 1.165) is 0 Å². The Balaban J connectivity index is 1.98. The topological polar surface area (TPSA) is 120 Å². The van der Waals surface area contributed by atoms with Gasteiger partial charge >= 0.3 is 0 Å². The average Bonchev–Trinajstić information content (AvgIpc) is 2.96. The Hall–Kier alpha value is -2.49. The van der Waals surface area contributed by atoms with Crippen molar-refractivity contribution in [1.29, 1.82) is 0 Å². The standard InChI is InChI=1S/C16H22N2O7S/c1-23-12-7-11(8-13(24-2)15(12)25-3)16(20)18-17-14(19)6-10-4-5-26(21,22)9-10/h7-8,10H,4-6,9H2,1-3H3,(H,17,19)(H,18,20)/t10-/m1/s1. The lowest BCUT2D eigenvalue weighted by atomic mass is 10.1. The molecule has 0 aliphatic carbocycles. The number of rotatable bonds is 6. The van der Waals surface area contributed by atoms with Gasteiger partial charge in [0, 0.05) is 12.0 Å². The van der Waals surface area contributed by atoms with Crippen molar-refractivity contribution < 1.29 is 32.2 Å². The van der Waals surface area contributed by atoms with E-state index in [2.05, 4.69) is 10.9 Å². The van der Waals surface area contributed by atoms with Gasteiger partial charge in [0.2, 0.25) is 11.7 Å². The van der Waals surface area contributed by atoms with Crippen molar-refractivity contribution in [1.82, 2.24) is 10.9 Å². The molecule has 1 aliphatic heterocycles. The highest BCUT2D eigenvalue weighted by atomic mass is 32.2. The zero-order chi connectivity index (χ0) is 19.3. The third-order valence-electron chi connectivity index (χ3n) is 4.04. The Kier molecular flexibility index (Phi) is 6.30. The average molecular weight is 386 g/mol. The summed E-state index contributed by atoms with van der Waals surface area (Å²) in [6, 6.07) is 2.90. The van der Waals surface area contributed by atoms with Gasteiger partial charge in [-0.3, -0.25) is 20.4 Å². The Labute approximate surface area is 151 Å². The Morgan fingerprint density at radius 1 is 1.08 bits per heavy atom. The van der Waals surface area contributed by atoms with Gasteiger partial charge in [-0.25, -0.2) is 8.42 Å². The highest BCUT2D eigenvalue weighted by Gasteiger charge is 2.29. The number of nitrogens with one attached hydrogen (secondary N) is 2. The molecule has 2 rings (SSSR count). The molecular weight excluding hydrogens is 364 g/mol. The molecular formula is C16H22N2O7S. The van der Waals surface area contributed by atoms with Crippen molar-refractivity contribution in [3.05, 3.63) is 17.7 Å². The van der Waals surface area contributed by atoms with Crippen LogP contribution in [0.25, 0.3) is 0 Å². The predicted molar refractivity (Wildman–Crippen MR) is 93.1 cm³/mol. The summed E-state index contributed by atoms with van der Waals surface area (Å²) in [7, 11) is 1.26. The molecule has 1 fully saturated rings. The second-order valence-corrected chi connectivity index (χ2v) is 8.12. The molecule has 1 saturated heterocycles. The van der Waals surface area contributed by atoms with E-state index in [0.29, 0.717) is 23.7 Å². The van der Waals surface area contributed by atoms with E-state index in [9.17, 15) is 18.0 Å². The van der Waals surface area contributed by atoms with Crippen LogP contribution in [0.2, 0.25) is 0 Å². The van der Waals surface area contributed by atoms with Crippen molar-refractivity contribution >= 4 is 21.7 Å². The fourth-order valence-electron chi connectivity index (χ4n) is 2.76. The third-order valence-corrected chi connectivity index (χ3v) is 5.88. The van der Waals surface area contributed by atoms with Gasteiger partial charge in [0.15, 0.2) is 21.3 Å². The molecule has 1 heterocycles. The molecule has 9 nitrogen and oxygen atoms in total. The number of methoxy groups -OCH3 is 3. The fraction of sp³-hybridized carbons (Fsp3) is 0.500. The first kappa shape index (κ1) is 19.8. The number of amides is 2. The minimum Gasteiger partial charge on any atom is -0.493 e. The zero-order valence-corrected chi connectivity index (χ0v) is 15.6. The fourth-order valence-corrected chi connectivity index (χ4v) is 4.62. The minimum atomic E-state index is -3.04. The number of benzene rings is 1. The molecule has 0 spiro atoms. The number of hydrogen-bond acceptors (Lipinski definition) is 7. The summed E-state index contributed by atoms with van der Waals surface area (Å²) in [6.07, 6.45) is 0.491. The second-order valence-electron chi connectivity index (χ2n) is 5.89. The molecule has 0 bridgehead atoms. The van der Waals surface area contributed by atoms with Crippen molar-refractivity contribution in [3.63, 3.8) is 0 Å². The number of hydrazine groups is 1. The summed E-state index contributed by atoms with van der Waals surface area (Å²) < 4.78 is 38.4. The second kappa shape index (κ2) is 8.26. The molecule has 1 aliphatic rings. The highest BCUT2D eigenvalue weighted by Crippen LogP contribution is 2.38. The van der Waals surface area contributed by atoms with Crippen LogP contribution in [0, 0.1) is 5.92 Å². The molecule has 144 valence electrons. The largest absolute Gasteiger partial charge is 0.493 e. The predicted octanol–water partition coefficient (Wildman–Crippen LogP) is 0.298. The molecule has 0 saturated carbocycles. The Morgan fingerprint density at radius 2 is 1.69 bits per heavy atom. The molecule has 1 aromatic rings. The van der Waals surface area contributed by atoms with Crippen molar-refractivity contribution in [3.8, 4) is 17.2 Å². The number of sulfone groups is 1. The van der Waals surface area contributed by atoms with Gasteiger partial charge in [-0.1, -0.05) is 0 Å². The van der Waals surface area contributed by atoms with Gasteiger partial charge in [0.1, 0.15) is 0 Å². The molecule has 10 heteroatoms. The van der Waals surface area contributed by atoms with Crippen LogP contribution < -0.4 is 25.1 Å². The van der Waals surface area contributed by atoms with E-state index < -0.39 is 21.7 Å². The smallest absolute Gasteiger partial charge is 0.269 e. The molecule has 1 atom stereocenters. The molecule has 0 unspecified atom stereocenters. The summed E-state index contributed by atoms with van der Waals surface area (Å²) in [6.45, 7) is 0. The van der Waals surface area contributed by atoms with Crippen LogP contribution in [0.15, 0.2) is 12.1 Å². The zero-order valence-electron chi connectivity index (χ0n) is 14.8. The van der Waals surface area contributed by atoms with Crippen molar-refractivity contribution in [2.45, 2.75) is 12.8 Å². The van der Waals surface area contributed by atoms with Gasteiger partial charge in [-0.05, 0) is 24.5 Å². The maximum atomic E-state index is 12.3. The van der Waals surface area contributed by atoms with Gasteiger partial charge in [0.25, 0.3) is 5.91 Å². The van der Waals surface area contributed by atoms with Crippen LogP contribution in [-0.4, -0.2) is 53.1 Å². The normalized spacial score (nSPS) is 18.0. The van der Waals surface area contributed by atoms with Crippen LogP contribution in [0.3, 0.4) is 0 Å². The first-order valence-corrected chi connectivity index (χ1v) is 9.71. The van der Waals surface area contributed by atoms with E-state index >= 15 is 0 Å². The summed E-state index contributed by atoms with van der Waals surface area (Å²) in [4.78, 5) is 24.2. The van der Waals surface area contributed by atoms with Crippen molar-refractivity contribution in [2.24, 2.45) is 5.92 Å². The van der Waals surface area contributed by atoms with Crippen LogP contribution in [0.5, 0.6) is 17.2 Å². The van der Waals surface area contributed by atoms with Crippen LogP contribution in [0.4, 0.5) is 0 Å². The maximum absolute atomic E-state index is 12.3. The third kappa shape index (κ3) is 4.78. The maximum Gasteiger partial charge on any atom is 0.269 e. The number of ether oxygens (including phenoxy) is 3. The van der Waals surface area contributed by atoms with E-state index in [1.54, 1.807) is 0 Å². The minimum absolute atomic E-state index is 0.00123. The first-order valence-electron chi connectivity index (χ1n) is 7.89. The van der Waals surface area contributed by atoms with Crippen molar-refractivity contribution in [2.75, 3.05) is 32.8 Å². The molecule has 2 N–H and O–H groups in total. The summed E-state index contributed by atoms with van der Waals surface area (Å²) in [5.41, 5.74) is 4.78. The monoisotopic (exact) mass is 386 g/mol. The summed E-state index contributed by atoms with van der Waals surface area (Å²) >= 11 is 0. The van der Waals surface area contributed by atoms with E-state index in [1.807, 2.05) is 0 Å². The molecule has 1 aromatic carbocycles. The van der Waals surface area contributed by atoms with Gasteiger partial charge in [-0.2, -0.15) is 0 Å². The van der Waals surface area contributed by atoms with Crippen LogP contribution in [0.1, 0.15) is 23.2 Å². The first-order chi connectivity index (χ1) is 12.3. The molecule has 0 radical (unpaired) electrons. The van der Waals surface area contributed by atoms with E-state index in [-0.39, 0.29) is 29.4 Å². The van der Waals surface area contributed by atoms with E-state index in [1.165, 1.54) is 33.5 Å². The lowest BCUT2D eigenvalue weighted by Crippen LogP contribution is -2.42. The SMILES string of the molecule is COc1cc(C(=O)NNC(=O)C[C@H]2CCS(=O)(=O)C2)cc(OC)c1OC. The summed E-state index contributed by atoms with van der Waals surface area (Å²) in [5.74, 6) is -0.191. The highest BCUT2D eigenvalue weighted by molar-refractivity contribution is 7.91. The Morgan fingerprint density at radius 3 is 2.15 bits per heavy atom.